The number of benzene rings is 1. The predicted octanol–water partition coefficient (Wildman–Crippen LogP) is 3.75. The van der Waals surface area contributed by atoms with Crippen LogP contribution in [0.15, 0.2) is 35.3 Å². The number of nitrogens with one attached hydrogen (secondary N) is 2. The van der Waals surface area contributed by atoms with Crippen LogP contribution in [-0.2, 0) is 0 Å². The normalized spacial score (nSPS) is 28.1. The summed E-state index contributed by atoms with van der Waals surface area (Å²) < 4.78 is 0. The summed E-state index contributed by atoms with van der Waals surface area (Å²) in [7, 11) is 1.90. The van der Waals surface area contributed by atoms with Crippen molar-refractivity contribution in [1.82, 2.24) is 15.5 Å². The minimum Gasteiger partial charge on any atom is -0.354 e. The van der Waals surface area contributed by atoms with E-state index in [2.05, 4.69) is 50.9 Å². The van der Waals surface area contributed by atoms with Gasteiger partial charge in [0.05, 0.1) is 0 Å². The van der Waals surface area contributed by atoms with Crippen LogP contribution in [0.2, 0.25) is 0 Å². The van der Waals surface area contributed by atoms with Crippen molar-refractivity contribution in [2.45, 2.75) is 69.4 Å². The van der Waals surface area contributed by atoms with Gasteiger partial charge in [-0.15, -0.1) is 0 Å². The number of piperidine rings is 1. The first-order chi connectivity index (χ1) is 13.3. The minimum atomic E-state index is 0.532. The van der Waals surface area contributed by atoms with Crippen molar-refractivity contribution in [3.05, 3.63) is 35.9 Å². The van der Waals surface area contributed by atoms with Crippen LogP contribution in [0, 0.1) is 5.92 Å². The lowest BCUT2D eigenvalue weighted by Gasteiger charge is -2.36. The van der Waals surface area contributed by atoms with Gasteiger partial charge in [0.15, 0.2) is 5.96 Å². The molecule has 4 heteroatoms. The van der Waals surface area contributed by atoms with Crippen molar-refractivity contribution in [3.63, 3.8) is 0 Å². The molecule has 2 N–H and O–H groups in total. The summed E-state index contributed by atoms with van der Waals surface area (Å²) in [6, 6.07) is 11.9. The van der Waals surface area contributed by atoms with E-state index in [1.54, 1.807) is 0 Å². The van der Waals surface area contributed by atoms with Gasteiger partial charge < -0.3 is 15.5 Å². The molecule has 0 amide bonds. The summed E-state index contributed by atoms with van der Waals surface area (Å²) in [6.07, 6.45) is 11.0. The number of guanidine groups is 1. The fourth-order valence-electron chi connectivity index (χ4n) is 4.96. The Bertz CT molecular complexity index is 600. The maximum absolute atomic E-state index is 4.48. The second-order valence-corrected chi connectivity index (χ2v) is 8.80. The van der Waals surface area contributed by atoms with Crippen molar-refractivity contribution < 1.29 is 0 Å². The molecule has 3 aliphatic rings. The molecule has 0 aromatic heterocycles. The molecule has 4 nitrogen and oxygen atoms in total. The highest BCUT2D eigenvalue weighted by Gasteiger charge is 2.39. The van der Waals surface area contributed by atoms with E-state index >= 15 is 0 Å². The molecule has 0 spiro atoms. The van der Waals surface area contributed by atoms with Gasteiger partial charge in [-0.3, -0.25) is 4.99 Å². The molecule has 1 aromatic carbocycles. The molecule has 0 radical (unpaired) electrons. The van der Waals surface area contributed by atoms with Crippen molar-refractivity contribution >= 4 is 5.96 Å². The zero-order valence-corrected chi connectivity index (χ0v) is 16.9. The summed E-state index contributed by atoms with van der Waals surface area (Å²) in [5.74, 6) is 2.59. The minimum absolute atomic E-state index is 0.532. The molecule has 0 bridgehead atoms. The zero-order valence-electron chi connectivity index (χ0n) is 16.9. The Hall–Kier alpha value is -1.55. The monoisotopic (exact) mass is 368 g/mol. The summed E-state index contributed by atoms with van der Waals surface area (Å²) in [6.45, 7) is 3.81. The van der Waals surface area contributed by atoms with Gasteiger partial charge in [-0.05, 0) is 43.6 Å². The Morgan fingerprint density at radius 2 is 1.74 bits per heavy atom. The second kappa shape index (κ2) is 9.09. The first-order valence-electron chi connectivity index (χ1n) is 11.1. The largest absolute Gasteiger partial charge is 0.354 e. The van der Waals surface area contributed by atoms with Gasteiger partial charge in [-0.2, -0.15) is 0 Å². The van der Waals surface area contributed by atoms with Crippen molar-refractivity contribution in [2.75, 3.05) is 26.7 Å². The molecule has 2 atom stereocenters. The van der Waals surface area contributed by atoms with E-state index in [1.165, 1.54) is 76.6 Å². The van der Waals surface area contributed by atoms with Crippen LogP contribution in [0.25, 0.3) is 0 Å². The third kappa shape index (κ3) is 5.25. The van der Waals surface area contributed by atoms with Crippen LogP contribution in [0.5, 0.6) is 0 Å². The maximum atomic E-state index is 4.48. The van der Waals surface area contributed by atoms with E-state index in [4.69, 9.17) is 0 Å². The third-order valence-electron chi connectivity index (χ3n) is 6.73. The second-order valence-electron chi connectivity index (χ2n) is 8.80. The van der Waals surface area contributed by atoms with E-state index in [1.807, 2.05) is 7.05 Å². The van der Waals surface area contributed by atoms with Gasteiger partial charge in [-0.25, -0.2) is 0 Å². The molecule has 4 rings (SSSR count). The number of nitrogens with zero attached hydrogens (tertiary/aromatic N) is 2. The van der Waals surface area contributed by atoms with Crippen LogP contribution in [0.3, 0.4) is 0 Å². The molecule has 2 unspecified atom stereocenters. The average Bonchev–Trinajstić information content (AvgIpc) is 3.49. The summed E-state index contributed by atoms with van der Waals surface area (Å²) in [5.41, 5.74) is 1.45. The summed E-state index contributed by atoms with van der Waals surface area (Å²) >= 11 is 0. The smallest absolute Gasteiger partial charge is 0.191 e. The van der Waals surface area contributed by atoms with Crippen molar-refractivity contribution in [2.24, 2.45) is 10.9 Å². The molecule has 27 heavy (non-hydrogen) atoms. The molecular weight excluding hydrogens is 332 g/mol. The third-order valence-corrected chi connectivity index (χ3v) is 6.73. The van der Waals surface area contributed by atoms with Crippen molar-refractivity contribution in [1.29, 1.82) is 0 Å². The Morgan fingerprint density at radius 1 is 1.00 bits per heavy atom. The first kappa shape index (κ1) is 18.8. The summed E-state index contributed by atoms with van der Waals surface area (Å²) in [4.78, 5) is 7.19. The van der Waals surface area contributed by atoms with Crippen LogP contribution in [0.4, 0.5) is 0 Å². The molecule has 1 saturated heterocycles. The maximum Gasteiger partial charge on any atom is 0.191 e. The quantitative estimate of drug-likeness (QED) is 0.614. The van der Waals surface area contributed by atoms with E-state index in [0.29, 0.717) is 18.0 Å². The lowest BCUT2D eigenvalue weighted by atomic mass is 9.88. The van der Waals surface area contributed by atoms with Gasteiger partial charge in [0.2, 0.25) is 0 Å². The number of likely N-dealkylation sites (tertiary alicyclic amines) is 1. The zero-order chi connectivity index (χ0) is 18.5. The number of hydrogen-bond acceptors (Lipinski definition) is 2. The van der Waals surface area contributed by atoms with Gasteiger partial charge in [0.1, 0.15) is 0 Å². The number of hydrogen-bond donors (Lipinski definition) is 2. The summed E-state index contributed by atoms with van der Waals surface area (Å²) in [5, 5.41) is 7.32. The highest BCUT2D eigenvalue weighted by molar-refractivity contribution is 5.80. The standard InChI is InChI=1S/C23H36N4/c1-24-23(26-22-16-21(22)19-10-6-3-7-11-19)25-20-12-14-27(15-13-20)17-18-8-4-2-5-9-18/h3,6-7,10-11,18,20-22H,2,4-5,8-9,12-17H2,1H3,(H2,24,25,26). The highest BCUT2D eigenvalue weighted by atomic mass is 15.2. The topological polar surface area (TPSA) is 39.7 Å². The molecule has 2 aliphatic carbocycles. The molecule has 3 fully saturated rings. The fourth-order valence-corrected chi connectivity index (χ4v) is 4.96. The van der Waals surface area contributed by atoms with Gasteiger partial charge >= 0.3 is 0 Å². The average molecular weight is 369 g/mol. The van der Waals surface area contributed by atoms with Crippen LogP contribution < -0.4 is 10.6 Å². The molecular formula is C23H36N4. The first-order valence-corrected chi connectivity index (χ1v) is 11.1. The Labute approximate surface area is 164 Å². The van der Waals surface area contributed by atoms with E-state index < -0.39 is 0 Å². The molecule has 2 saturated carbocycles. The van der Waals surface area contributed by atoms with Gasteiger partial charge in [0, 0.05) is 44.7 Å². The van der Waals surface area contributed by atoms with Crippen LogP contribution in [0.1, 0.15) is 62.8 Å². The lowest BCUT2D eigenvalue weighted by molar-refractivity contribution is 0.160. The van der Waals surface area contributed by atoms with E-state index in [-0.39, 0.29) is 0 Å². The molecule has 1 heterocycles. The van der Waals surface area contributed by atoms with E-state index in [9.17, 15) is 0 Å². The van der Waals surface area contributed by atoms with Crippen LogP contribution >= 0.6 is 0 Å². The van der Waals surface area contributed by atoms with E-state index in [0.717, 1.165) is 11.9 Å². The predicted molar refractivity (Wildman–Crippen MR) is 113 cm³/mol. The molecule has 1 aromatic rings. The SMILES string of the molecule is CN=C(NC1CCN(CC2CCCCC2)CC1)NC1CC1c1ccccc1. The Morgan fingerprint density at radius 3 is 2.44 bits per heavy atom. The number of rotatable bonds is 5. The van der Waals surface area contributed by atoms with Crippen LogP contribution in [-0.4, -0.2) is 49.6 Å². The Balaban J connectivity index is 1.18. The molecule has 148 valence electrons. The fraction of sp³-hybridized carbons (Fsp3) is 0.696. The molecule has 1 aliphatic heterocycles. The Kier molecular flexibility index (Phi) is 6.33. The van der Waals surface area contributed by atoms with Crippen molar-refractivity contribution in [3.8, 4) is 0 Å². The number of aliphatic imine (C=N–C) groups is 1. The van der Waals surface area contributed by atoms with Gasteiger partial charge in [0.25, 0.3) is 0 Å². The highest BCUT2D eigenvalue weighted by Crippen LogP contribution is 2.40. The lowest BCUT2D eigenvalue weighted by Crippen LogP contribution is -2.49. The van der Waals surface area contributed by atoms with Gasteiger partial charge in [-0.1, -0.05) is 49.6 Å².